The van der Waals surface area contributed by atoms with Crippen LogP contribution in [-0.4, -0.2) is 61.9 Å². The lowest BCUT2D eigenvalue weighted by atomic mass is 10.1. The van der Waals surface area contributed by atoms with Gasteiger partial charge in [0.1, 0.15) is 11.6 Å². The van der Waals surface area contributed by atoms with E-state index in [0.717, 1.165) is 69.9 Å². The molecule has 0 bridgehead atoms. The molecule has 2 aromatic rings. The molecule has 0 unspecified atom stereocenters. The highest BCUT2D eigenvalue weighted by molar-refractivity contribution is 5.91. The predicted octanol–water partition coefficient (Wildman–Crippen LogP) is 2.63. The zero-order chi connectivity index (χ0) is 21.0. The lowest BCUT2D eigenvalue weighted by Crippen LogP contribution is -2.46. The van der Waals surface area contributed by atoms with Crippen molar-refractivity contribution in [3.8, 4) is 11.6 Å². The third-order valence-electron chi connectivity index (χ3n) is 6.15. The molecule has 8 nitrogen and oxygen atoms in total. The monoisotopic (exact) mass is 423 g/mol. The molecule has 0 atom stereocenters. The van der Waals surface area contributed by atoms with Gasteiger partial charge in [-0.3, -0.25) is 10.2 Å². The van der Waals surface area contributed by atoms with Crippen LogP contribution in [0.5, 0.6) is 11.6 Å². The van der Waals surface area contributed by atoms with Gasteiger partial charge in [0.15, 0.2) is 0 Å². The summed E-state index contributed by atoms with van der Waals surface area (Å²) in [7, 11) is 0. The summed E-state index contributed by atoms with van der Waals surface area (Å²) in [6, 6.07) is 10.1. The summed E-state index contributed by atoms with van der Waals surface area (Å²) in [6.07, 6.45) is 3.10. The molecular weight excluding hydrogens is 394 g/mol. The fourth-order valence-corrected chi connectivity index (χ4v) is 4.40. The van der Waals surface area contributed by atoms with E-state index in [1.54, 1.807) is 0 Å². The maximum absolute atomic E-state index is 11.4. The van der Waals surface area contributed by atoms with Gasteiger partial charge in [-0.25, -0.2) is 4.79 Å². The minimum Gasteiger partial charge on any atom is -0.491 e. The number of fused-ring (bicyclic) bond motifs is 2. The van der Waals surface area contributed by atoms with E-state index in [9.17, 15) is 4.79 Å². The molecule has 0 spiro atoms. The number of pyridine rings is 1. The molecule has 0 radical (unpaired) electrons. The highest BCUT2D eigenvalue weighted by atomic mass is 16.5. The number of nitrogens with zero attached hydrogens (tertiary/aromatic N) is 3. The van der Waals surface area contributed by atoms with E-state index >= 15 is 0 Å². The number of urea groups is 1. The number of para-hydroxylation sites is 1. The van der Waals surface area contributed by atoms with Crippen LogP contribution in [0.4, 0.5) is 16.3 Å². The molecule has 5 rings (SSSR count). The van der Waals surface area contributed by atoms with Crippen LogP contribution in [0.3, 0.4) is 0 Å². The SMILES string of the molecule is O=C1NCc2ccc(OCCCCN3CCN(c4cccc5c4OCC5)CC3)nc2N1. The number of nitrogens with one attached hydrogen (secondary N) is 2. The lowest BCUT2D eigenvalue weighted by molar-refractivity contribution is 0.236. The summed E-state index contributed by atoms with van der Waals surface area (Å²) in [6.45, 7) is 7.25. The third-order valence-corrected chi connectivity index (χ3v) is 6.15. The molecule has 1 saturated heterocycles. The van der Waals surface area contributed by atoms with Crippen LogP contribution in [0.1, 0.15) is 24.0 Å². The minimum absolute atomic E-state index is 0.221. The Hall–Kier alpha value is -3.00. The second-order valence-corrected chi connectivity index (χ2v) is 8.21. The first-order valence-electron chi connectivity index (χ1n) is 11.2. The van der Waals surface area contributed by atoms with Crippen molar-refractivity contribution in [2.24, 2.45) is 0 Å². The van der Waals surface area contributed by atoms with Crippen molar-refractivity contribution >= 4 is 17.5 Å². The number of amides is 2. The largest absolute Gasteiger partial charge is 0.491 e. The number of anilines is 2. The molecule has 8 heteroatoms. The standard InChI is InChI=1S/C23H29N5O3/c29-23-24-16-18-6-7-20(25-22(18)26-23)30-14-2-1-9-27-10-12-28(13-11-27)19-5-3-4-17-8-15-31-21(17)19/h3-7H,1-2,8-16H2,(H2,24,25,26,29). The Morgan fingerprint density at radius 1 is 1.06 bits per heavy atom. The van der Waals surface area contributed by atoms with E-state index in [4.69, 9.17) is 9.47 Å². The van der Waals surface area contributed by atoms with E-state index < -0.39 is 0 Å². The Balaban J connectivity index is 1.02. The van der Waals surface area contributed by atoms with Gasteiger partial charge in [0.2, 0.25) is 5.88 Å². The van der Waals surface area contributed by atoms with Gasteiger partial charge in [-0.15, -0.1) is 0 Å². The summed E-state index contributed by atoms with van der Waals surface area (Å²) in [5, 5.41) is 5.44. The minimum atomic E-state index is -0.221. The van der Waals surface area contributed by atoms with Crippen LogP contribution in [0.15, 0.2) is 30.3 Å². The van der Waals surface area contributed by atoms with Crippen molar-refractivity contribution in [1.82, 2.24) is 15.2 Å². The van der Waals surface area contributed by atoms with Gasteiger partial charge in [-0.05, 0) is 37.1 Å². The summed E-state index contributed by atoms with van der Waals surface area (Å²) in [5.41, 5.74) is 3.57. The topological polar surface area (TPSA) is 79.0 Å². The quantitative estimate of drug-likeness (QED) is 0.667. The van der Waals surface area contributed by atoms with Gasteiger partial charge in [0.25, 0.3) is 0 Å². The van der Waals surface area contributed by atoms with E-state index in [1.165, 1.54) is 11.3 Å². The molecule has 2 amide bonds. The fourth-order valence-electron chi connectivity index (χ4n) is 4.40. The number of carbonyl (C=O) groups is 1. The second-order valence-electron chi connectivity index (χ2n) is 8.21. The average Bonchev–Trinajstić information content (AvgIpc) is 3.28. The van der Waals surface area contributed by atoms with Gasteiger partial charge < -0.3 is 19.7 Å². The number of ether oxygens (including phenoxy) is 2. The van der Waals surface area contributed by atoms with Crippen LogP contribution >= 0.6 is 0 Å². The predicted molar refractivity (Wildman–Crippen MR) is 119 cm³/mol. The zero-order valence-electron chi connectivity index (χ0n) is 17.7. The van der Waals surface area contributed by atoms with E-state index in [1.807, 2.05) is 12.1 Å². The van der Waals surface area contributed by atoms with Crippen molar-refractivity contribution < 1.29 is 14.3 Å². The smallest absolute Gasteiger partial charge is 0.320 e. The number of carbonyl (C=O) groups excluding carboxylic acids is 1. The van der Waals surface area contributed by atoms with Crippen molar-refractivity contribution in [3.05, 3.63) is 41.5 Å². The highest BCUT2D eigenvalue weighted by Crippen LogP contribution is 2.36. The van der Waals surface area contributed by atoms with Crippen LogP contribution in [0, 0.1) is 0 Å². The van der Waals surface area contributed by atoms with Crippen LogP contribution in [-0.2, 0) is 13.0 Å². The van der Waals surface area contributed by atoms with Crippen molar-refractivity contribution in [1.29, 1.82) is 0 Å². The Morgan fingerprint density at radius 3 is 2.87 bits per heavy atom. The molecule has 1 aromatic carbocycles. The maximum Gasteiger partial charge on any atom is 0.320 e. The normalized spacial score (nSPS) is 17.9. The van der Waals surface area contributed by atoms with Gasteiger partial charge >= 0.3 is 6.03 Å². The number of benzene rings is 1. The first-order chi connectivity index (χ1) is 15.3. The summed E-state index contributed by atoms with van der Waals surface area (Å²) >= 11 is 0. The van der Waals surface area contributed by atoms with Crippen molar-refractivity contribution in [3.63, 3.8) is 0 Å². The highest BCUT2D eigenvalue weighted by Gasteiger charge is 2.23. The molecule has 1 fully saturated rings. The Morgan fingerprint density at radius 2 is 1.97 bits per heavy atom. The first kappa shape index (κ1) is 19.9. The number of unbranched alkanes of at least 4 members (excludes halogenated alkanes) is 1. The van der Waals surface area contributed by atoms with Gasteiger partial charge in [-0.1, -0.05) is 12.1 Å². The van der Waals surface area contributed by atoms with Crippen LogP contribution in [0.25, 0.3) is 0 Å². The number of hydrogen-bond acceptors (Lipinski definition) is 6. The molecule has 2 N–H and O–H groups in total. The molecule has 3 aliphatic rings. The van der Waals surface area contributed by atoms with Gasteiger partial charge in [-0.2, -0.15) is 4.98 Å². The van der Waals surface area contributed by atoms with Crippen LogP contribution < -0.4 is 25.0 Å². The molecule has 0 saturated carbocycles. The molecule has 4 heterocycles. The average molecular weight is 424 g/mol. The van der Waals surface area contributed by atoms with Crippen molar-refractivity contribution in [2.75, 3.05) is 56.2 Å². The lowest BCUT2D eigenvalue weighted by Gasteiger charge is -2.36. The first-order valence-corrected chi connectivity index (χ1v) is 11.2. The second kappa shape index (κ2) is 9.01. The third kappa shape index (κ3) is 4.54. The van der Waals surface area contributed by atoms with Crippen molar-refractivity contribution in [2.45, 2.75) is 25.8 Å². The molecular formula is C23H29N5O3. The number of hydrogen-bond donors (Lipinski definition) is 2. The molecule has 164 valence electrons. The van der Waals surface area contributed by atoms with Gasteiger partial charge in [0, 0.05) is 50.8 Å². The fraction of sp³-hybridized carbons (Fsp3) is 0.478. The number of aromatic nitrogens is 1. The molecule has 3 aliphatic heterocycles. The van der Waals surface area contributed by atoms with Gasteiger partial charge in [0.05, 0.1) is 18.9 Å². The summed E-state index contributed by atoms with van der Waals surface area (Å²) < 4.78 is 11.7. The van der Waals surface area contributed by atoms with Crippen LogP contribution in [0.2, 0.25) is 0 Å². The Labute approximate surface area is 182 Å². The molecule has 1 aromatic heterocycles. The van der Waals surface area contributed by atoms with E-state index in [0.29, 0.717) is 24.8 Å². The van der Waals surface area contributed by atoms with E-state index in [-0.39, 0.29) is 6.03 Å². The summed E-state index contributed by atoms with van der Waals surface area (Å²) in [5.74, 6) is 2.25. The number of rotatable bonds is 7. The van der Waals surface area contributed by atoms with E-state index in [2.05, 4.69) is 43.6 Å². The molecule has 0 aliphatic carbocycles. The number of piperazine rings is 1. The maximum atomic E-state index is 11.4. The molecule has 31 heavy (non-hydrogen) atoms. The zero-order valence-corrected chi connectivity index (χ0v) is 17.7. The summed E-state index contributed by atoms with van der Waals surface area (Å²) in [4.78, 5) is 20.8. The Bertz CT molecular complexity index is 943. The Kier molecular flexibility index (Phi) is 5.80.